The number of anilines is 1. The van der Waals surface area contributed by atoms with Crippen molar-refractivity contribution >= 4 is 47.4 Å². The summed E-state index contributed by atoms with van der Waals surface area (Å²) in [5.41, 5.74) is 6.42. The Morgan fingerprint density at radius 1 is 1.48 bits per heavy atom. The molecule has 1 atom stereocenters. The normalized spacial score (nSPS) is 11.7. The van der Waals surface area contributed by atoms with Gasteiger partial charge in [-0.25, -0.2) is 0 Å². The molecule has 0 radical (unpaired) electrons. The van der Waals surface area contributed by atoms with Crippen molar-refractivity contribution in [3.05, 3.63) is 23.2 Å². The van der Waals surface area contributed by atoms with Gasteiger partial charge in [-0.2, -0.15) is 11.8 Å². The largest absolute Gasteiger partial charge is 0.489 e. The van der Waals surface area contributed by atoms with Crippen molar-refractivity contribution in [2.24, 2.45) is 5.73 Å². The molecule has 0 saturated carbocycles. The van der Waals surface area contributed by atoms with E-state index in [1.807, 2.05) is 20.1 Å². The van der Waals surface area contributed by atoms with Crippen molar-refractivity contribution in [3.8, 4) is 5.75 Å². The Balaban J connectivity index is 0.00000400. The molecule has 1 amide bonds. The van der Waals surface area contributed by atoms with Gasteiger partial charge in [0, 0.05) is 5.69 Å². The number of ether oxygens (including phenoxy) is 1. The van der Waals surface area contributed by atoms with Crippen LogP contribution in [0.5, 0.6) is 5.75 Å². The zero-order valence-electron chi connectivity index (χ0n) is 12.4. The van der Waals surface area contributed by atoms with Gasteiger partial charge in [0.2, 0.25) is 5.91 Å². The van der Waals surface area contributed by atoms with Crippen LogP contribution in [0, 0.1) is 0 Å². The van der Waals surface area contributed by atoms with E-state index in [1.54, 1.807) is 30.0 Å². The smallest absolute Gasteiger partial charge is 0.241 e. The second-order valence-corrected chi connectivity index (χ2v) is 6.08. The molecule has 1 aromatic carbocycles. The fourth-order valence-electron chi connectivity index (χ4n) is 1.54. The summed E-state index contributed by atoms with van der Waals surface area (Å²) < 4.78 is 5.53. The minimum absolute atomic E-state index is 0. The molecule has 0 fully saturated rings. The van der Waals surface area contributed by atoms with Gasteiger partial charge in [-0.3, -0.25) is 4.79 Å². The Kier molecular flexibility index (Phi) is 9.86. The molecule has 0 unspecified atom stereocenters. The van der Waals surface area contributed by atoms with Crippen LogP contribution in [0.25, 0.3) is 0 Å². The van der Waals surface area contributed by atoms with Crippen molar-refractivity contribution < 1.29 is 9.53 Å². The van der Waals surface area contributed by atoms with Gasteiger partial charge in [0.05, 0.1) is 17.2 Å². The maximum absolute atomic E-state index is 11.9. The summed E-state index contributed by atoms with van der Waals surface area (Å²) in [7, 11) is 0. The quantitative estimate of drug-likeness (QED) is 0.787. The number of carbonyl (C=O) groups excluding carboxylic acids is 1. The van der Waals surface area contributed by atoms with Crippen LogP contribution in [0.1, 0.15) is 20.3 Å². The molecule has 0 aromatic heterocycles. The van der Waals surface area contributed by atoms with Crippen molar-refractivity contribution in [2.75, 3.05) is 17.3 Å². The van der Waals surface area contributed by atoms with E-state index in [-0.39, 0.29) is 24.4 Å². The van der Waals surface area contributed by atoms with Crippen LogP contribution >= 0.6 is 35.8 Å². The van der Waals surface area contributed by atoms with Crippen molar-refractivity contribution in [1.29, 1.82) is 0 Å². The number of nitrogens with one attached hydrogen (secondary N) is 1. The molecule has 0 spiro atoms. The molecule has 0 aliphatic heterocycles. The van der Waals surface area contributed by atoms with Crippen molar-refractivity contribution in [3.63, 3.8) is 0 Å². The van der Waals surface area contributed by atoms with Gasteiger partial charge in [0.25, 0.3) is 0 Å². The van der Waals surface area contributed by atoms with E-state index in [9.17, 15) is 4.79 Å². The minimum Gasteiger partial charge on any atom is -0.489 e. The van der Waals surface area contributed by atoms with Crippen LogP contribution in [0.4, 0.5) is 5.69 Å². The van der Waals surface area contributed by atoms with Crippen LogP contribution in [-0.2, 0) is 4.79 Å². The van der Waals surface area contributed by atoms with Gasteiger partial charge in [0.15, 0.2) is 0 Å². The minimum atomic E-state index is -0.507. The van der Waals surface area contributed by atoms with Gasteiger partial charge in [-0.1, -0.05) is 11.6 Å². The Morgan fingerprint density at radius 2 is 2.14 bits per heavy atom. The molecule has 0 saturated heterocycles. The van der Waals surface area contributed by atoms with E-state index in [1.165, 1.54) is 0 Å². The lowest BCUT2D eigenvalue weighted by molar-refractivity contribution is -0.117. The molecule has 21 heavy (non-hydrogen) atoms. The highest BCUT2D eigenvalue weighted by Crippen LogP contribution is 2.28. The third-order valence-corrected chi connectivity index (χ3v) is 3.47. The fourth-order valence-corrected chi connectivity index (χ4v) is 2.25. The molecule has 3 N–H and O–H groups in total. The first-order valence-corrected chi connectivity index (χ1v) is 8.22. The van der Waals surface area contributed by atoms with Gasteiger partial charge in [-0.15, -0.1) is 12.4 Å². The number of nitrogens with two attached hydrogens (primary N) is 1. The van der Waals surface area contributed by atoms with E-state index in [0.717, 1.165) is 5.75 Å². The molecule has 0 aliphatic carbocycles. The summed E-state index contributed by atoms with van der Waals surface area (Å²) >= 11 is 7.78. The van der Waals surface area contributed by atoms with E-state index in [0.29, 0.717) is 22.9 Å². The summed E-state index contributed by atoms with van der Waals surface area (Å²) in [5.74, 6) is 1.26. The summed E-state index contributed by atoms with van der Waals surface area (Å²) in [5, 5.41) is 3.23. The summed E-state index contributed by atoms with van der Waals surface area (Å²) in [6.07, 6.45) is 2.68. The third kappa shape index (κ3) is 7.27. The lowest BCUT2D eigenvalue weighted by Gasteiger charge is -2.14. The van der Waals surface area contributed by atoms with E-state index in [2.05, 4.69) is 5.32 Å². The third-order valence-electron chi connectivity index (χ3n) is 2.53. The molecule has 1 aromatic rings. The van der Waals surface area contributed by atoms with Crippen LogP contribution in [0.2, 0.25) is 5.02 Å². The first-order valence-electron chi connectivity index (χ1n) is 6.45. The zero-order valence-corrected chi connectivity index (χ0v) is 14.8. The molecule has 0 bridgehead atoms. The van der Waals surface area contributed by atoms with Crippen molar-refractivity contribution in [1.82, 2.24) is 0 Å². The average Bonchev–Trinajstić information content (AvgIpc) is 2.38. The van der Waals surface area contributed by atoms with Crippen LogP contribution in [0.15, 0.2) is 18.2 Å². The highest BCUT2D eigenvalue weighted by atomic mass is 35.5. The van der Waals surface area contributed by atoms with E-state index < -0.39 is 6.04 Å². The lowest BCUT2D eigenvalue weighted by Crippen LogP contribution is -2.36. The monoisotopic (exact) mass is 352 g/mol. The summed E-state index contributed by atoms with van der Waals surface area (Å²) in [6, 6.07) is 4.65. The highest BCUT2D eigenvalue weighted by Gasteiger charge is 2.14. The van der Waals surface area contributed by atoms with E-state index in [4.69, 9.17) is 22.1 Å². The SMILES string of the molecule is CSCC[C@H](N)C(=O)Nc1ccc(OC(C)C)c(Cl)c1.Cl. The molecule has 0 aliphatic rings. The molecule has 0 heterocycles. The van der Waals surface area contributed by atoms with Gasteiger partial charge >= 0.3 is 0 Å². The van der Waals surface area contributed by atoms with Crippen LogP contribution in [-0.4, -0.2) is 30.1 Å². The number of halogens is 2. The lowest BCUT2D eigenvalue weighted by atomic mass is 10.2. The number of benzene rings is 1. The topological polar surface area (TPSA) is 64.4 Å². The molecular weight excluding hydrogens is 331 g/mol. The second kappa shape index (κ2) is 10.2. The number of hydrogen-bond acceptors (Lipinski definition) is 4. The Bertz CT molecular complexity index is 459. The summed E-state index contributed by atoms with van der Waals surface area (Å²) in [6.45, 7) is 3.85. The number of hydrogen-bond donors (Lipinski definition) is 2. The molecule has 1 rings (SSSR count). The predicted octanol–water partition coefficient (Wildman–Crippen LogP) is 3.57. The number of thioether (sulfide) groups is 1. The number of amides is 1. The zero-order chi connectivity index (χ0) is 15.1. The standard InChI is InChI=1S/C14H21ClN2O2S.ClH/c1-9(2)19-13-5-4-10(8-11(13)15)17-14(18)12(16)6-7-20-3;/h4-5,8-9,12H,6-7,16H2,1-3H3,(H,17,18);1H/t12-;/m0./s1. The maximum Gasteiger partial charge on any atom is 0.241 e. The number of rotatable bonds is 7. The average molecular weight is 353 g/mol. The Hall–Kier alpha value is -0.620. The summed E-state index contributed by atoms with van der Waals surface area (Å²) in [4.78, 5) is 11.9. The number of carbonyl (C=O) groups is 1. The first kappa shape index (κ1) is 20.4. The van der Waals surface area contributed by atoms with Crippen molar-refractivity contribution in [2.45, 2.75) is 32.4 Å². The highest BCUT2D eigenvalue weighted by molar-refractivity contribution is 7.98. The second-order valence-electron chi connectivity index (χ2n) is 4.69. The fraction of sp³-hybridized carbons (Fsp3) is 0.500. The van der Waals surface area contributed by atoms with Gasteiger partial charge in [-0.05, 0) is 50.5 Å². The van der Waals surface area contributed by atoms with Gasteiger partial charge in [0.1, 0.15) is 5.75 Å². The molecular formula is C14H22Cl2N2O2S. The molecule has 4 nitrogen and oxygen atoms in total. The Labute approximate surface area is 141 Å². The molecule has 7 heteroatoms. The predicted molar refractivity (Wildman–Crippen MR) is 94.1 cm³/mol. The first-order chi connectivity index (χ1) is 9.43. The van der Waals surface area contributed by atoms with E-state index >= 15 is 0 Å². The van der Waals surface area contributed by atoms with Crippen LogP contribution in [0.3, 0.4) is 0 Å². The van der Waals surface area contributed by atoms with Crippen LogP contribution < -0.4 is 15.8 Å². The Morgan fingerprint density at radius 3 is 2.67 bits per heavy atom. The van der Waals surface area contributed by atoms with Gasteiger partial charge < -0.3 is 15.8 Å². The molecule has 120 valence electrons. The maximum atomic E-state index is 11.9.